The van der Waals surface area contributed by atoms with Gasteiger partial charge in [0.05, 0.1) is 11.6 Å². The van der Waals surface area contributed by atoms with Gasteiger partial charge in [0, 0.05) is 17.6 Å². The third kappa shape index (κ3) is 5.67. The molecule has 0 heterocycles. The molecular weight excluding hydrogens is 345 g/mol. The second-order valence-electron chi connectivity index (χ2n) is 4.66. The van der Waals surface area contributed by atoms with E-state index in [1.807, 2.05) is 13.8 Å². The maximum Gasteiger partial charge on any atom is 0.251 e. The summed E-state index contributed by atoms with van der Waals surface area (Å²) < 4.78 is 50.1. The van der Waals surface area contributed by atoms with Gasteiger partial charge in [-0.2, -0.15) is 0 Å². The summed E-state index contributed by atoms with van der Waals surface area (Å²) in [5, 5.41) is 3.21. The smallest absolute Gasteiger partial charge is 0.251 e. The molecule has 0 aliphatic carbocycles. The summed E-state index contributed by atoms with van der Waals surface area (Å²) in [5.41, 5.74) is 0.482. The number of sulfonamides is 1. The van der Waals surface area contributed by atoms with Gasteiger partial charge in [-0.1, -0.05) is 37.0 Å². The fourth-order valence-corrected chi connectivity index (χ4v) is 3.44. The van der Waals surface area contributed by atoms with Crippen LogP contribution in [0, 0.1) is 0 Å². The third-order valence-electron chi connectivity index (χ3n) is 2.50. The number of nitrogens with one attached hydrogen (secondary N) is 2. The van der Waals surface area contributed by atoms with Gasteiger partial charge in [-0.05, 0) is 17.7 Å². The lowest BCUT2D eigenvalue weighted by Crippen LogP contribution is -2.29. The lowest BCUT2D eigenvalue weighted by atomic mass is 10.2. The van der Waals surface area contributed by atoms with E-state index in [4.69, 9.17) is 23.2 Å². The van der Waals surface area contributed by atoms with Crippen LogP contribution in [0.4, 0.5) is 8.78 Å². The molecule has 0 saturated heterocycles. The molecule has 1 aromatic rings. The zero-order chi connectivity index (χ0) is 16.2. The summed E-state index contributed by atoms with van der Waals surface area (Å²) in [5.74, 6) is 0. The van der Waals surface area contributed by atoms with Crippen molar-refractivity contribution in [2.45, 2.75) is 37.8 Å². The first kappa shape index (κ1) is 18.6. The Morgan fingerprint density at radius 3 is 2.38 bits per heavy atom. The number of hydrogen-bond acceptors (Lipinski definition) is 3. The summed E-state index contributed by atoms with van der Waals surface area (Å²) in [7, 11) is -4.14. The monoisotopic (exact) mass is 360 g/mol. The summed E-state index contributed by atoms with van der Waals surface area (Å²) in [4.78, 5) is -0.308. The van der Waals surface area contributed by atoms with E-state index in [-0.39, 0.29) is 21.0 Å². The highest BCUT2D eigenvalue weighted by Gasteiger charge is 2.22. The zero-order valence-corrected chi connectivity index (χ0v) is 13.8. The highest BCUT2D eigenvalue weighted by molar-refractivity contribution is 7.89. The van der Waals surface area contributed by atoms with Gasteiger partial charge in [-0.3, -0.25) is 0 Å². The van der Waals surface area contributed by atoms with E-state index in [1.165, 1.54) is 6.07 Å². The summed E-state index contributed by atoms with van der Waals surface area (Å²) in [6.07, 6.45) is -2.79. The minimum Gasteiger partial charge on any atom is -0.310 e. The van der Waals surface area contributed by atoms with Gasteiger partial charge in [-0.15, -0.1) is 0 Å². The molecule has 0 amide bonds. The molecule has 0 radical (unpaired) electrons. The molecule has 0 bridgehead atoms. The Morgan fingerprint density at radius 1 is 1.24 bits per heavy atom. The zero-order valence-electron chi connectivity index (χ0n) is 11.5. The van der Waals surface area contributed by atoms with Crippen LogP contribution < -0.4 is 10.0 Å². The van der Waals surface area contributed by atoms with Crippen molar-refractivity contribution in [3.8, 4) is 0 Å². The molecule has 2 N–H and O–H groups in total. The fraction of sp³-hybridized carbons (Fsp3) is 0.500. The van der Waals surface area contributed by atoms with Gasteiger partial charge < -0.3 is 5.32 Å². The number of rotatable bonds is 7. The molecule has 21 heavy (non-hydrogen) atoms. The number of alkyl halides is 2. The quantitative estimate of drug-likeness (QED) is 0.785. The molecule has 1 aromatic carbocycles. The van der Waals surface area contributed by atoms with Gasteiger partial charge in [0.15, 0.2) is 0 Å². The van der Waals surface area contributed by atoms with Crippen molar-refractivity contribution in [1.82, 2.24) is 10.0 Å². The van der Waals surface area contributed by atoms with Crippen molar-refractivity contribution < 1.29 is 17.2 Å². The Kier molecular flexibility index (Phi) is 6.80. The standard InChI is InChI=1S/C12H16Cl2F2N2O2S/c1-7(2)17-5-8-3-9(13)4-10(12(8)14)21(19,20)18-6-11(15)16/h3-4,7,11,17-18H,5-6H2,1-2H3. The van der Waals surface area contributed by atoms with E-state index in [9.17, 15) is 17.2 Å². The molecule has 9 heteroatoms. The lowest BCUT2D eigenvalue weighted by Gasteiger charge is -2.14. The first-order chi connectivity index (χ1) is 9.63. The maximum atomic E-state index is 12.2. The van der Waals surface area contributed by atoms with Crippen LogP contribution in [0.5, 0.6) is 0 Å². The normalized spacial score (nSPS) is 12.4. The van der Waals surface area contributed by atoms with E-state index in [2.05, 4.69) is 5.32 Å². The predicted molar refractivity (Wildman–Crippen MR) is 79.6 cm³/mol. The molecule has 0 fully saturated rings. The topological polar surface area (TPSA) is 58.2 Å². The highest BCUT2D eigenvalue weighted by Crippen LogP contribution is 2.29. The Balaban J connectivity index is 3.12. The molecule has 120 valence electrons. The fourth-order valence-electron chi connectivity index (χ4n) is 1.51. The summed E-state index contributed by atoms with van der Waals surface area (Å²) >= 11 is 11.9. The largest absolute Gasteiger partial charge is 0.310 e. The van der Waals surface area contributed by atoms with Crippen molar-refractivity contribution in [2.75, 3.05) is 6.54 Å². The molecule has 0 saturated carbocycles. The van der Waals surface area contributed by atoms with Crippen LogP contribution in [0.3, 0.4) is 0 Å². The molecule has 0 aromatic heterocycles. The van der Waals surface area contributed by atoms with Gasteiger partial charge >= 0.3 is 0 Å². The van der Waals surface area contributed by atoms with Crippen molar-refractivity contribution in [2.24, 2.45) is 0 Å². The molecular formula is C12H16Cl2F2N2O2S. The van der Waals surface area contributed by atoms with E-state index >= 15 is 0 Å². The molecule has 0 aliphatic heterocycles. The molecule has 0 unspecified atom stereocenters. The molecule has 0 aliphatic rings. The van der Waals surface area contributed by atoms with Gasteiger partial charge in [0.2, 0.25) is 10.0 Å². The van der Waals surface area contributed by atoms with Crippen LogP contribution in [-0.4, -0.2) is 27.4 Å². The summed E-state index contributed by atoms with van der Waals surface area (Å²) in [6.45, 7) is 3.17. The molecule has 0 atom stereocenters. The SMILES string of the molecule is CC(C)NCc1cc(Cl)cc(S(=O)(=O)NCC(F)F)c1Cl. The second-order valence-corrected chi connectivity index (χ2v) is 7.21. The molecule has 0 spiro atoms. The Hall–Kier alpha value is -0.470. The van der Waals surface area contributed by atoms with Gasteiger partial charge in [-0.25, -0.2) is 21.9 Å². The lowest BCUT2D eigenvalue weighted by molar-refractivity contribution is 0.153. The average molecular weight is 361 g/mol. The Morgan fingerprint density at radius 2 is 1.86 bits per heavy atom. The van der Waals surface area contributed by atoms with E-state index in [0.29, 0.717) is 12.1 Å². The second kappa shape index (κ2) is 7.69. The van der Waals surface area contributed by atoms with Crippen molar-refractivity contribution >= 4 is 33.2 Å². The minimum atomic E-state index is -4.14. The van der Waals surface area contributed by atoms with Gasteiger partial charge in [0.25, 0.3) is 6.43 Å². The van der Waals surface area contributed by atoms with Gasteiger partial charge in [0.1, 0.15) is 4.90 Å². The third-order valence-corrected chi connectivity index (χ3v) is 4.72. The van der Waals surface area contributed by atoms with Crippen molar-refractivity contribution in [1.29, 1.82) is 0 Å². The molecule has 4 nitrogen and oxygen atoms in total. The van der Waals surface area contributed by atoms with E-state index in [0.717, 1.165) is 6.07 Å². The van der Waals surface area contributed by atoms with Crippen LogP contribution in [0.2, 0.25) is 10.0 Å². The van der Waals surface area contributed by atoms with Crippen molar-refractivity contribution in [3.63, 3.8) is 0 Å². The van der Waals surface area contributed by atoms with E-state index in [1.54, 1.807) is 4.72 Å². The van der Waals surface area contributed by atoms with Crippen LogP contribution in [0.15, 0.2) is 17.0 Å². The summed E-state index contributed by atoms with van der Waals surface area (Å²) in [6, 6.07) is 2.83. The van der Waals surface area contributed by atoms with Crippen molar-refractivity contribution in [3.05, 3.63) is 27.7 Å². The minimum absolute atomic E-state index is 0.0330. The maximum absolute atomic E-state index is 12.2. The number of hydrogen-bond donors (Lipinski definition) is 2. The van der Waals surface area contributed by atoms with Crippen LogP contribution in [-0.2, 0) is 16.6 Å². The highest BCUT2D eigenvalue weighted by atomic mass is 35.5. The number of benzene rings is 1. The van der Waals surface area contributed by atoms with E-state index < -0.39 is 23.0 Å². The first-order valence-corrected chi connectivity index (χ1v) is 8.36. The first-order valence-electron chi connectivity index (χ1n) is 6.12. The predicted octanol–water partition coefficient (Wildman–Crippen LogP) is 3.03. The molecule has 1 rings (SSSR count). The average Bonchev–Trinajstić information content (AvgIpc) is 2.37. The van der Waals surface area contributed by atoms with Crippen LogP contribution in [0.25, 0.3) is 0 Å². The van der Waals surface area contributed by atoms with Crippen LogP contribution >= 0.6 is 23.2 Å². The Labute approximate surface area is 132 Å². The number of halogens is 4. The van der Waals surface area contributed by atoms with Crippen LogP contribution in [0.1, 0.15) is 19.4 Å². The Bertz CT molecular complexity index is 595.